The Kier molecular flexibility index (Phi) is 4.34. The van der Waals surface area contributed by atoms with Gasteiger partial charge in [0.2, 0.25) is 0 Å². The molecule has 0 aliphatic heterocycles. The zero-order chi connectivity index (χ0) is 15.6. The molecule has 0 saturated carbocycles. The van der Waals surface area contributed by atoms with Crippen LogP contribution in [0.1, 0.15) is 10.8 Å². The summed E-state index contributed by atoms with van der Waals surface area (Å²) < 4.78 is 23.1. The number of sulfone groups is 1. The van der Waals surface area contributed by atoms with Crippen LogP contribution in [0.4, 0.5) is 0 Å². The van der Waals surface area contributed by atoms with Crippen LogP contribution in [0.2, 0.25) is 5.02 Å². The summed E-state index contributed by atoms with van der Waals surface area (Å²) in [4.78, 5) is 11.1. The number of carboxylic acid groups (broad SMARTS) is 1. The topological polar surface area (TPSA) is 71.4 Å². The van der Waals surface area contributed by atoms with Crippen molar-refractivity contribution in [3.05, 3.63) is 59.1 Å². The number of carboxylic acids is 1. The Morgan fingerprint density at radius 1 is 1.00 bits per heavy atom. The van der Waals surface area contributed by atoms with E-state index in [1.54, 1.807) is 24.3 Å². The van der Waals surface area contributed by atoms with Gasteiger partial charge in [-0.2, -0.15) is 0 Å². The van der Waals surface area contributed by atoms with Gasteiger partial charge in [0.25, 0.3) is 0 Å². The van der Waals surface area contributed by atoms with Crippen molar-refractivity contribution in [3.63, 3.8) is 0 Å². The Labute approximate surface area is 127 Å². The van der Waals surface area contributed by atoms with Crippen molar-refractivity contribution in [2.24, 2.45) is 0 Å². The average molecular weight is 325 g/mol. The lowest BCUT2D eigenvalue weighted by Gasteiger charge is -2.11. The molecule has 4 nitrogen and oxygen atoms in total. The van der Waals surface area contributed by atoms with Gasteiger partial charge in [-0.1, -0.05) is 48.0 Å². The largest absolute Gasteiger partial charge is 0.480 e. The molecule has 2 aromatic carbocycles. The van der Waals surface area contributed by atoms with E-state index in [0.29, 0.717) is 5.02 Å². The molecular formula is C15H13ClO4S. The molecular weight excluding hydrogens is 312 g/mol. The van der Waals surface area contributed by atoms with Crippen molar-refractivity contribution in [2.75, 3.05) is 6.26 Å². The average Bonchev–Trinajstić information content (AvgIpc) is 2.38. The second kappa shape index (κ2) is 5.87. The van der Waals surface area contributed by atoms with E-state index in [2.05, 4.69) is 0 Å². The summed E-state index contributed by atoms with van der Waals surface area (Å²) in [6.07, 6.45) is 0.916. The Morgan fingerprint density at radius 2 is 1.43 bits per heavy atom. The second-order valence-corrected chi connectivity index (χ2v) is 7.24. The summed E-state index contributed by atoms with van der Waals surface area (Å²) in [5.74, 6) is -1.38. The molecule has 0 bridgehead atoms. The van der Waals surface area contributed by atoms with E-state index < -0.39 is 21.1 Å². The Hall–Kier alpha value is -1.85. The van der Waals surface area contributed by atoms with Gasteiger partial charge >= 0.3 is 5.97 Å². The van der Waals surface area contributed by atoms with Crippen molar-refractivity contribution in [3.8, 4) is 11.1 Å². The lowest BCUT2D eigenvalue weighted by atomic mass is 10.0. The molecule has 1 atom stereocenters. The minimum Gasteiger partial charge on any atom is -0.480 e. The molecule has 2 rings (SSSR count). The number of benzene rings is 2. The fourth-order valence-electron chi connectivity index (χ4n) is 2.07. The van der Waals surface area contributed by atoms with Crippen molar-refractivity contribution in [2.45, 2.75) is 5.25 Å². The maximum atomic E-state index is 11.6. The first-order valence-electron chi connectivity index (χ1n) is 6.06. The predicted molar refractivity (Wildman–Crippen MR) is 82.1 cm³/mol. The van der Waals surface area contributed by atoms with E-state index in [4.69, 9.17) is 16.7 Å². The highest BCUT2D eigenvalue weighted by molar-refractivity contribution is 7.91. The molecule has 0 heterocycles. The maximum Gasteiger partial charge on any atom is 0.326 e. The first kappa shape index (κ1) is 15.5. The van der Waals surface area contributed by atoms with Crippen LogP contribution in [0.25, 0.3) is 11.1 Å². The van der Waals surface area contributed by atoms with Crippen molar-refractivity contribution >= 4 is 27.4 Å². The van der Waals surface area contributed by atoms with Gasteiger partial charge in [-0.25, -0.2) is 8.42 Å². The first-order chi connectivity index (χ1) is 9.79. The summed E-state index contributed by atoms with van der Waals surface area (Å²) >= 11 is 5.82. The first-order valence-corrected chi connectivity index (χ1v) is 8.40. The molecule has 110 valence electrons. The van der Waals surface area contributed by atoms with Crippen molar-refractivity contribution in [1.29, 1.82) is 0 Å². The summed E-state index contributed by atoms with van der Waals surface area (Å²) in [6, 6.07) is 13.6. The quantitative estimate of drug-likeness (QED) is 0.937. The molecule has 0 fully saturated rings. The van der Waals surface area contributed by atoms with Gasteiger partial charge in [-0.3, -0.25) is 4.79 Å². The molecule has 21 heavy (non-hydrogen) atoms. The van der Waals surface area contributed by atoms with E-state index in [0.717, 1.165) is 17.4 Å². The number of halogens is 1. The fourth-order valence-corrected chi connectivity index (χ4v) is 3.21. The van der Waals surface area contributed by atoms with Crippen molar-refractivity contribution in [1.82, 2.24) is 0 Å². The third kappa shape index (κ3) is 3.62. The summed E-state index contributed by atoms with van der Waals surface area (Å²) in [6.45, 7) is 0. The normalized spacial score (nSPS) is 12.9. The second-order valence-electron chi connectivity index (χ2n) is 4.68. The number of hydrogen-bond donors (Lipinski definition) is 1. The molecule has 1 unspecified atom stereocenters. The van der Waals surface area contributed by atoms with Gasteiger partial charge in [-0.05, 0) is 28.8 Å². The van der Waals surface area contributed by atoms with E-state index in [-0.39, 0.29) is 5.56 Å². The highest BCUT2D eigenvalue weighted by atomic mass is 35.5. The maximum absolute atomic E-state index is 11.6. The molecule has 1 N–H and O–H groups in total. The predicted octanol–water partition coefficient (Wildman–Crippen LogP) is 3.18. The summed E-state index contributed by atoms with van der Waals surface area (Å²) in [5, 5.41) is 8.16. The molecule has 0 spiro atoms. The monoisotopic (exact) mass is 324 g/mol. The number of hydrogen-bond acceptors (Lipinski definition) is 3. The van der Waals surface area contributed by atoms with Crippen molar-refractivity contribution < 1.29 is 18.3 Å². The van der Waals surface area contributed by atoms with Crippen LogP contribution < -0.4 is 0 Å². The lowest BCUT2D eigenvalue weighted by Crippen LogP contribution is -2.20. The third-order valence-corrected chi connectivity index (χ3v) is 4.63. The lowest BCUT2D eigenvalue weighted by molar-refractivity contribution is -0.136. The summed E-state index contributed by atoms with van der Waals surface area (Å²) in [5.41, 5.74) is 2.01. The SMILES string of the molecule is CS(=O)(=O)C(C(=O)O)c1ccc(-c2ccc(Cl)cc2)cc1. The van der Waals surface area contributed by atoms with E-state index in [9.17, 15) is 13.2 Å². The zero-order valence-electron chi connectivity index (χ0n) is 11.2. The molecule has 0 radical (unpaired) electrons. The highest BCUT2D eigenvalue weighted by Gasteiger charge is 2.30. The molecule has 0 aromatic heterocycles. The number of aliphatic carboxylic acids is 1. The minimum atomic E-state index is -3.72. The van der Waals surface area contributed by atoms with Gasteiger partial charge in [0.1, 0.15) is 0 Å². The molecule has 2 aromatic rings. The fraction of sp³-hybridized carbons (Fsp3) is 0.133. The Balaban J connectivity index is 2.38. The van der Waals surface area contributed by atoms with Crippen LogP contribution >= 0.6 is 11.6 Å². The molecule has 0 saturated heterocycles. The molecule has 0 aliphatic rings. The van der Waals surface area contributed by atoms with Crippen LogP contribution in [0.3, 0.4) is 0 Å². The van der Waals surface area contributed by atoms with Gasteiger partial charge in [0, 0.05) is 11.3 Å². The smallest absolute Gasteiger partial charge is 0.326 e. The number of rotatable bonds is 4. The van der Waals surface area contributed by atoms with Gasteiger partial charge < -0.3 is 5.11 Å². The Bertz CT molecular complexity index is 749. The zero-order valence-corrected chi connectivity index (χ0v) is 12.7. The van der Waals surface area contributed by atoms with Crippen LogP contribution in [-0.4, -0.2) is 25.7 Å². The van der Waals surface area contributed by atoms with E-state index in [1.807, 2.05) is 12.1 Å². The highest BCUT2D eigenvalue weighted by Crippen LogP contribution is 2.26. The van der Waals surface area contributed by atoms with Gasteiger partial charge in [0.05, 0.1) is 0 Å². The minimum absolute atomic E-state index is 0.239. The standard InChI is InChI=1S/C15H13ClO4S/c1-21(19,20)14(15(17)18)12-4-2-10(3-5-12)11-6-8-13(16)9-7-11/h2-9,14H,1H3,(H,17,18). The molecule has 0 amide bonds. The third-order valence-electron chi connectivity index (χ3n) is 3.04. The van der Waals surface area contributed by atoms with Gasteiger partial charge in [0.15, 0.2) is 15.1 Å². The molecule has 0 aliphatic carbocycles. The van der Waals surface area contributed by atoms with Crippen LogP contribution in [0.5, 0.6) is 0 Å². The van der Waals surface area contributed by atoms with Gasteiger partial charge in [-0.15, -0.1) is 0 Å². The van der Waals surface area contributed by atoms with Crippen LogP contribution in [0, 0.1) is 0 Å². The van der Waals surface area contributed by atoms with E-state index >= 15 is 0 Å². The van der Waals surface area contributed by atoms with E-state index in [1.165, 1.54) is 12.1 Å². The Morgan fingerprint density at radius 3 is 1.81 bits per heavy atom. The molecule has 6 heteroatoms. The summed E-state index contributed by atoms with van der Waals surface area (Å²) in [7, 11) is -3.72. The number of carbonyl (C=O) groups is 1. The van der Waals surface area contributed by atoms with Crippen LogP contribution in [-0.2, 0) is 14.6 Å². The van der Waals surface area contributed by atoms with Crippen LogP contribution in [0.15, 0.2) is 48.5 Å².